The standard InChI is InChI=1S/C10H10INO2/c1-14-10(13)9-4-6-2-3-7(11)5-8(6)12-9/h2-3,5,9,12H,4H2,1H3. The highest BCUT2D eigenvalue weighted by atomic mass is 127. The molecule has 1 aromatic carbocycles. The molecule has 1 aliphatic rings. The van der Waals surface area contributed by atoms with Gasteiger partial charge in [0, 0.05) is 15.7 Å². The smallest absolute Gasteiger partial charge is 0.328 e. The Hall–Kier alpha value is -0.780. The predicted octanol–water partition coefficient (Wildman–Crippen LogP) is 1.80. The molecule has 1 unspecified atom stereocenters. The van der Waals surface area contributed by atoms with E-state index in [0.717, 1.165) is 12.1 Å². The molecule has 1 aliphatic heterocycles. The van der Waals surface area contributed by atoms with Crippen molar-refractivity contribution in [2.75, 3.05) is 12.4 Å². The van der Waals surface area contributed by atoms with E-state index < -0.39 is 0 Å². The third-order valence-electron chi connectivity index (χ3n) is 2.31. The number of nitrogens with one attached hydrogen (secondary N) is 1. The summed E-state index contributed by atoms with van der Waals surface area (Å²) in [5.41, 5.74) is 2.23. The van der Waals surface area contributed by atoms with Crippen LogP contribution in [0.15, 0.2) is 18.2 Å². The molecule has 14 heavy (non-hydrogen) atoms. The van der Waals surface area contributed by atoms with E-state index in [1.807, 2.05) is 18.2 Å². The molecule has 0 saturated heterocycles. The van der Waals surface area contributed by atoms with Gasteiger partial charge in [-0.2, -0.15) is 0 Å². The highest BCUT2D eigenvalue weighted by Gasteiger charge is 2.27. The van der Waals surface area contributed by atoms with Gasteiger partial charge in [0.2, 0.25) is 0 Å². The van der Waals surface area contributed by atoms with Crippen molar-refractivity contribution in [2.45, 2.75) is 12.5 Å². The molecular formula is C10H10INO2. The number of ether oxygens (including phenoxy) is 1. The van der Waals surface area contributed by atoms with Crippen molar-refractivity contribution in [1.82, 2.24) is 0 Å². The Kier molecular flexibility index (Phi) is 2.62. The minimum absolute atomic E-state index is 0.198. The molecule has 0 spiro atoms. The topological polar surface area (TPSA) is 38.3 Å². The second-order valence-electron chi connectivity index (χ2n) is 3.23. The van der Waals surface area contributed by atoms with Gasteiger partial charge in [-0.05, 0) is 40.3 Å². The van der Waals surface area contributed by atoms with E-state index in [2.05, 4.69) is 27.9 Å². The molecule has 0 fully saturated rings. The van der Waals surface area contributed by atoms with Crippen molar-refractivity contribution in [3.05, 3.63) is 27.3 Å². The zero-order valence-corrected chi connectivity index (χ0v) is 9.87. The summed E-state index contributed by atoms with van der Waals surface area (Å²) in [5, 5.41) is 3.15. The first-order chi connectivity index (χ1) is 6.70. The SMILES string of the molecule is COC(=O)C1Cc2ccc(I)cc2N1. The molecule has 1 heterocycles. The Morgan fingerprint density at radius 3 is 3.14 bits per heavy atom. The lowest BCUT2D eigenvalue weighted by atomic mass is 10.1. The zero-order chi connectivity index (χ0) is 10.1. The average molecular weight is 303 g/mol. The van der Waals surface area contributed by atoms with E-state index >= 15 is 0 Å². The Morgan fingerprint density at radius 1 is 1.64 bits per heavy atom. The molecule has 3 nitrogen and oxygen atoms in total. The minimum atomic E-state index is -0.215. The first kappa shape index (κ1) is 9.76. The van der Waals surface area contributed by atoms with Crippen LogP contribution in [0, 0.1) is 3.57 Å². The van der Waals surface area contributed by atoms with Crippen molar-refractivity contribution in [3.63, 3.8) is 0 Å². The largest absolute Gasteiger partial charge is 0.467 e. The second kappa shape index (κ2) is 3.76. The highest BCUT2D eigenvalue weighted by molar-refractivity contribution is 14.1. The second-order valence-corrected chi connectivity index (χ2v) is 4.47. The highest BCUT2D eigenvalue weighted by Crippen LogP contribution is 2.27. The molecule has 2 rings (SSSR count). The first-order valence-corrected chi connectivity index (χ1v) is 5.41. The number of hydrogen-bond acceptors (Lipinski definition) is 3. The number of methoxy groups -OCH3 is 1. The number of halogens is 1. The van der Waals surface area contributed by atoms with Crippen LogP contribution >= 0.6 is 22.6 Å². The molecule has 1 atom stereocenters. The van der Waals surface area contributed by atoms with Crippen molar-refractivity contribution in [3.8, 4) is 0 Å². The summed E-state index contributed by atoms with van der Waals surface area (Å²) < 4.78 is 5.86. The maximum Gasteiger partial charge on any atom is 0.328 e. The van der Waals surface area contributed by atoms with E-state index in [1.165, 1.54) is 16.2 Å². The summed E-state index contributed by atoms with van der Waals surface area (Å²) in [6, 6.07) is 5.92. The number of carbonyl (C=O) groups is 1. The summed E-state index contributed by atoms with van der Waals surface area (Å²) in [4.78, 5) is 11.3. The molecule has 0 radical (unpaired) electrons. The molecule has 0 aliphatic carbocycles. The average Bonchev–Trinajstić information content (AvgIpc) is 2.59. The first-order valence-electron chi connectivity index (χ1n) is 4.33. The van der Waals surface area contributed by atoms with Gasteiger partial charge in [0.1, 0.15) is 6.04 Å². The van der Waals surface area contributed by atoms with Crippen LogP contribution in [0.4, 0.5) is 5.69 Å². The Labute approximate surface area is 96.0 Å². The predicted molar refractivity (Wildman–Crippen MR) is 62.3 cm³/mol. The van der Waals surface area contributed by atoms with Gasteiger partial charge in [-0.1, -0.05) is 6.07 Å². The summed E-state index contributed by atoms with van der Waals surface area (Å²) in [6.07, 6.45) is 0.721. The quantitative estimate of drug-likeness (QED) is 0.635. The maximum absolute atomic E-state index is 11.3. The van der Waals surface area contributed by atoms with Crippen LogP contribution in [0.2, 0.25) is 0 Å². The van der Waals surface area contributed by atoms with Gasteiger partial charge in [0.25, 0.3) is 0 Å². The van der Waals surface area contributed by atoms with Gasteiger partial charge in [-0.15, -0.1) is 0 Å². The summed E-state index contributed by atoms with van der Waals surface area (Å²) in [6.45, 7) is 0. The lowest BCUT2D eigenvalue weighted by Crippen LogP contribution is -2.27. The van der Waals surface area contributed by atoms with Gasteiger partial charge >= 0.3 is 5.97 Å². The molecule has 4 heteroatoms. The molecular weight excluding hydrogens is 293 g/mol. The lowest BCUT2D eigenvalue weighted by Gasteiger charge is -2.07. The molecule has 0 saturated carbocycles. The van der Waals surface area contributed by atoms with E-state index in [0.29, 0.717) is 0 Å². The fourth-order valence-electron chi connectivity index (χ4n) is 1.60. The number of rotatable bonds is 1. The number of hydrogen-bond donors (Lipinski definition) is 1. The molecule has 0 amide bonds. The molecule has 0 aromatic heterocycles. The summed E-state index contributed by atoms with van der Waals surface area (Å²) in [7, 11) is 1.41. The number of esters is 1. The minimum Gasteiger partial charge on any atom is -0.467 e. The number of fused-ring (bicyclic) bond motifs is 1. The van der Waals surface area contributed by atoms with Gasteiger partial charge in [0.05, 0.1) is 7.11 Å². The van der Waals surface area contributed by atoms with Gasteiger partial charge in [0.15, 0.2) is 0 Å². The van der Waals surface area contributed by atoms with Crippen LogP contribution in [0.1, 0.15) is 5.56 Å². The third-order valence-corrected chi connectivity index (χ3v) is 2.98. The third kappa shape index (κ3) is 1.70. The van der Waals surface area contributed by atoms with Crippen molar-refractivity contribution >= 4 is 34.2 Å². The fraction of sp³-hybridized carbons (Fsp3) is 0.300. The lowest BCUT2D eigenvalue weighted by molar-refractivity contribution is -0.141. The summed E-state index contributed by atoms with van der Waals surface area (Å²) >= 11 is 2.25. The van der Waals surface area contributed by atoms with Crippen LogP contribution in [0.5, 0.6) is 0 Å². The zero-order valence-electron chi connectivity index (χ0n) is 7.71. The van der Waals surface area contributed by atoms with Crippen molar-refractivity contribution < 1.29 is 9.53 Å². The number of anilines is 1. The summed E-state index contributed by atoms with van der Waals surface area (Å²) in [5.74, 6) is -0.198. The molecule has 0 bridgehead atoms. The number of benzene rings is 1. The van der Waals surface area contributed by atoms with E-state index in [4.69, 9.17) is 4.74 Å². The van der Waals surface area contributed by atoms with E-state index in [-0.39, 0.29) is 12.0 Å². The van der Waals surface area contributed by atoms with E-state index in [9.17, 15) is 4.79 Å². The monoisotopic (exact) mass is 303 g/mol. The maximum atomic E-state index is 11.3. The van der Waals surface area contributed by atoms with Crippen LogP contribution in [-0.2, 0) is 16.0 Å². The van der Waals surface area contributed by atoms with Gasteiger partial charge < -0.3 is 10.1 Å². The normalized spacial score (nSPS) is 18.6. The van der Waals surface area contributed by atoms with Crippen molar-refractivity contribution in [1.29, 1.82) is 0 Å². The Morgan fingerprint density at radius 2 is 2.43 bits per heavy atom. The number of carbonyl (C=O) groups excluding carboxylic acids is 1. The van der Waals surface area contributed by atoms with Crippen LogP contribution < -0.4 is 5.32 Å². The molecule has 1 N–H and O–H groups in total. The van der Waals surface area contributed by atoms with Crippen LogP contribution in [0.25, 0.3) is 0 Å². The van der Waals surface area contributed by atoms with E-state index in [1.54, 1.807) is 0 Å². The molecule has 1 aromatic rings. The van der Waals surface area contributed by atoms with Crippen LogP contribution in [0.3, 0.4) is 0 Å². The van der Waals surface area contributed by atoms with Crippen LogP contribution in [-0.4, -0.2) is 19.1 Å². The van der Waals surface area contributed by atoms with Gasteiger partial charge in [-0.3, -0.25) is 0 Å². The van der Waals surface area contributed by atoms with Gasteiger partial charge in [-0.25, -0.2) is 4.79 Å². The van der Waals surface area contributed by atoms with Crippen molar-refractivity contribution in [2.24, 2.45) is 0 Å². The fourth-order valence-corrected chi connectivity index (χ4v) is 2.10. The molecule has 74 valence electrons. The Balaban J connectivity index is 2.22. The Bertz CT molecular complexity index is 378.